The molecule has 0 bridgehead atoms. The average Bonchev–Trinajstić information content (AvgIpc) is 2.82. The summed E-state index contributed by atoms with van der Waals surface area (Å²) in [5.41, 5.74) is 1.99. The summed E-state index contributed by atoms with van der Waals surface area (Å²) in [7, 11) is 0. The molecule has 0 aliphatic carbocycles. The fourth-order valence-corrected chi connectivity index (χ4v) is 3.86. The Balaban J connectivity index is 2.23. The van der Waals surface area contributed by atoms with Crippen molar-refractivity contribution < 1.29 is 24.6 Å². The predicted molar refractivity (Wildman–Crippen MR) is 104 cm³/mol. The number of aliphatic carboxylic acids is 2. The minimum Gasteiger partial charge on any atom is -0.481 e. The summed E-state index contributed by atoms with van der Waals surface area (Å²) in [5, 5.41) is 18.1. The molecule has 0 radical (unpaired) electrons. The lowest BCUT2D eigenvalue weighted by atomic mass is 10.0. The highest BCUT2D eigenvalue weighted by molar-refractivity contribution is 8.26. The molecule has 26 heavy (non-hydrogen) atoms. The van der Waals surface area contributed by atoms with Gasteiger partial charge in [-0.2, -0.15) is 0 Å². The lowest BCUT2D eigenvalue weighted by molar-refractivity contribution is -0.146. The van der Waals surface area contributed by atoms with Gasteiger partial charge in [0.1, 0.15) is 10.4 Å². The molecule has 138 valence electrons. The largest absolute Gasteiger partial charge is 0.481 e. The first kappa shape index (κ1) is 20.1. The van der Waals surface area contributed by atoms with Crippen LogP contribution in [-0.4, -0.2) is 43.3 Å². The normalized spacial score (nSPS) is 17.2. The standard InChI is InChI=1S/C18H19NO5S2/c1-10(2)12-5-3-11(4-6-12)9-14-16(22)19(18(25)26-14)13(17(23)24)7-8-15(20)21/h3-6,9-10,13H,7-8H2,1-2H3,(H,20,21)(H,23,24)/b14-9+. The SMILES string of the molecule is CC(C)c1ccc(/C=C2/SC(=S)N(C(CCC(=O)O)C(=O)O)C2=O)cc1. The van der Waals surface area contributed by atoms with Gasteiger partial charge in [0.15, 0.2) is 0 Å². The third kappa shape index (κ3) is 4.70. The molecule has 1 unspecified atom stereocenters. The first-order valence-electron chi connectivity index (χ1n) is 8.02. The molecule has 1 saturated heterocycles. The van der Waals surface area contributed by atoms with Gasteiger partial charge in [-0.15, -0.1) is 0 Å². The van der Waals surface area contributed by atoms with Gasteiger partial charge in [-0.1, -0.05) is 62.1 Å². The van der Waals surface area contributed by atoms with Crippen molar-refractivity contribution in [2.24, 2.45) is 0 Å². The van der Waals surface area contributed by atoms with Crippen molar-refractivity contribution in [3.05, 3.63) is 40.3 Å². The van der Waals surface area contributed by atoms with E-state index >= 15 is 0 Å². The molecule has 8 heteroatoms. The van der Waals surface area contributed by atoms with E-state index in [2.05, 4.69) is 13.8 Å². The van der Waals surface area contributed by atoms with Crippen LogP contribution in [0.15, 0.2) is 29.2 Å². The summed E-state index contributed by atoms with van der Waals surface area (Å²) in [6.45, 7) is 4.17. The summed E-state index contributed by atoms with van der Waals surface area (Å²) in [5.74, 6) is -2.51. The summed E-state index contributed by atoms with van der Waals surface area (Å²) < 4.78 is 0.123. The van der Waals surface area contributed by atoms with Crippen LogP contribution in [0.3, 0.4) is 0 Å². The van der Waals surface area contributed by atoms with Crippen LogP contribution in [0.4, 0.5) is 0 Å². The molecule has 6 nitrogen and oxygen atoms in total. The maximum Gasteiger partial charge on any atom is 0.326 e. The Morgan fingerprint density at radius 3 is 2.35 bits per heavy atom. The molecular formula is C18H19NO5S2. The van der Waals surface area contributed by atoms with Crippen molar-refractivity contribution >= 4 is 52.2 Å². The molecule has 1 aliphatic rings. The number of carboxylic acid groups (broad SMARTS) is 2. The molecule has 1 fully saturated rings. The van der Waals surface area contributed by atoms with Crippen molar-refractivity contribution in [1.29, 1.82) is 0 Å². The molecule has 1 aromatic rings. The van der Waals surface area contributed by atoms with Gasteiger partial charge in [0.2, 0.25) is 0 Å². The number of carbonyl (C=O) groups is 3. The number of benzene rings is 1. The van der Waals surface area contributed by atoms with Gasteiger partial charge in [-0.25, -0.2) is 4.79 Å². The number of carbonyl (C=O) groups excluding carboxylic acids is 1. The second kappa shape index (κ2) is 8.46. The first-order chi connectivity index (χ1) is 12.2. The van der Waals surface area contributed by atoms with Crippen LogP contribution in [0.2, 0.25) is 0 Å². The van der Waals surface area contributed by atoms with E-state index in [1.165, 1.54) is 5.56 Å². The van der Waals surface area contributed by atoms with Gasteiger partial charge >= 0.3 is 11.9 Å². The van der Waals surface area contributed by atoms with Crippen molar-refractivity contribution in [3.63, 3.8) is 0 Å². The topological polar surface area (TPSA) is 94.9 Å². The van der Waals surface area contributed by atoms with E-state index in [0.717, 1.165) is 22.2 Å². The highest BCUT2D eigenvalue weighted by Gasteiger charge is 2.40. The number of hydrogen-bond donors (Lipinski definition) is 2. The number of hydrogen-bond acceptors (Lipinski definition) is 5. The van der Waals surface area contributed by atoms with E-state index in [0.29, 0.717) is 10.8 Å². The zero-order valence-corrected chi connectivity index (χ0v) is 16.0. The van der Waals surface area contributed by atoms with E-state index in [-0.39, 0.29) is 17.2 Å². The summed E-state index contributed by atoms with van der Waals surface area (Å²) in [4.78, 5) is 36.2. The van der Waals surface area contributed by atoms with E-state index in [4.69, 9.17) is 17.3 Å². The number of carboxylic acids is 2. The Morgan fingerprint density at radius 2 is 1.85 bits per heavy atom. The quantitative estimate of drug-likeness (QED) is 0.542. The molecule has 1 aromatic carbocycles. The molecule has 2 rings (SSSR count). The van der Waals surface area contributed by atoms with Gasteiger partial charge < -0.3 is 10.2 Å². The van der Waals surface area contributed by atoms with Crippen LogP contribution in [0.5, 0.6) is 0 Å². The highest BCUT2D eigenvalue weighted by atomic mass is 32.2. The molecule has 0 saturated carbocycles. The average molecular weight is 393 g/mol. The van der Waals surface area contributed by atoms with Crippen molar-refractivity contribution in [2.45, 2.75) is 38.6 Å². The Morgan fingerprint density at radius 1 is 1.23 bits per heavy atom. The zero-order chi connectivity index (χ0) is 19.4. The molecule has 0 aromatic heterocycles. The third-order valence-corrected chi connectivity index (χ3v) is 5.28. The van der Waals surface area contributed by atoms with E-state index in [9.17, 15) is 19.5 Å². The third-order valence-electron chi connectivity index (χ3n) is 3.95. The summed E-state index contributed by atoms with van der Waals surface area (Å²) >= 11 is 6.18. The summed E-state index contributed by atoms with van der Waals surface area (Å²) in [6.07, 6.45) is 1.11. The smallest absolute Gasteiger partial charge is 0.326 e. The Bertz CT molecular complexity index is 770. The molecule has 1 atom stereocenters. The summed E-state index contributed by atoms with van der Waals surface area (Å²) in [6, 6.07) is 6.45. The zero-order valence-electron chi connectivity index (χ0n) is 14.3. The fourth-order valence-electron chi connectivity index (χ4n) is 2.50. The van der Waals surface area contributed by atoms with Gasteiger partial charge in [0, 0.05) is 6.42 Å². The number of nitrogens with zero attached hydrogens (tertiary/aromatic N) is 1. The Labute approximate surface area is 160 Å². The van der Waals surface area contributed by atoms with Gasteiger partial charge in [0.05, 0.1) is 4.91 Å². The molecule has 1 aliphatic heterocycles. The molecule has 1 amide bonds. The van der Waals surface area contributed by atoms with Gasteiger partial charge in [0.25, 0.3) is 5.91 Å². The lowest BCUT2D eigenvalue weighted by Gasteiger charge is -2.22. The van der Waals surface area contributed by atoms with Crippen molar-refractivity contribution in [1.82, 2.24) is 4.90 Å². The molecule has 0 spiro atoms. The fraction of sp³-hybridized carbons (Fsp3) is 0.333. The number of thioether (sulfide) groups is 1. The second-order valence-electron chi connectivity index (χ2n) is 6.16. The Kier molecular flexibility index (Phi) is 6.55. The van der Waals surface area contributed by atoms with E-state index in [1.807, 2.05) is 24.3 Å². The number of amides is 1. The molecular weight excluding hydrogens is 374 g/mol. The van der Waals surface area contributed by atoms with E-state index < -0.39 is 23.9 Å². The predicted octanol–water partition coefficient (Wildman–Crippen LogP) is 3.33. The van der Waals surface area contributed by atoms with Crippen molar-refractivity contribution in [2.75, 3.05) is 0 Å². The molecule has 1 heterocycles. The van der Waals surface area contributed by atoms with Crippen LogP contribution in [0, 0.1) is 0 Å². The highest BCUT2D eigenvalue weighted by Crippen LogP contribution is 2.35. The van der Waals surface area contributed by atoms with E-state index in [1.54, 1.807) is 6.08 Å². The molecule has 2 N–H and O–H groups in total. The van der Waals surface area contributed by atoms with Gasteiger partial charge in [-0.05, 0) is 29.5 Å². The minimum absolute atomic E-state index is 0.123. The Hall–Kier alpha value is -2.19. The minimum atomic E-state index is -1.28. The van der Waals surface area contributed by atoms with Crippen LogP contribution in [0.1, 0.15) is 43.7 Å². The lowest BCUT2D eigenvalue weighted by Crippen LogP contribution is -2.44. The monoisotopic (exact) mass is 393 g/mol. The van der Waals surface area contributed by atoms with Crippen LogP contribution < -0.4 is 0 Å². The van der Waals surface area contributed by atoms with Crippen LogP contribution in [0.25, 0.3) is 6.08 Å². The van der Waals surface area contributed by atoms with Crippen LogP contribution >= 0.6 is 24.0 Å². The van der Waals surface area contributed by atoms with Crippen LogP contribution in [-0.2, 0) is 14.4 Å². The van der Waals surface area contributed by atoms with Gasteiger partial charge in [-0.3, -0.25) is 14.5 Å². The maximum absolute atomic E-state index is 12.6. The van der Waals surface area contributed by atoms with Crippen molar-refractivity contribution in [3.8, 4) is 0 Å². The number of rotatable bonds is 7. The second-order valence-corrected chi connectivity index (χ2v) is 7.84. The number of thiocarbonyl (C=S) groups is 1. The first-order valence-corrected chi connectivity index (χ1v) is 9.24. The maximum atomic E-state index is 12.6.